The fraction of sp³-hybridized carbons (Fsp3) is 0.356. The highest BCUT2D eigenvalue weighted by Gasteiger charge is 2.38. The number of para-hydroxylation sites is 3. The minimum absolute atomic E-state index is 0.00692. The molecule has 18 rings (SSSR count). The standard InChI is InChI=1S/C35H35F2N5O3.C35H37F2N5O2.C34H35F2N5O2/c1-5-29(44)40-15-16-41(21(4)19-40)33-26-18-28(37)31-30-23(11-8-14-27(30)36)17-24(43)12-6-9-22-10-7-13-25(20(2)3)32(22)42(34(26)38-31)35(45)39-33;1-5-29(43)40-17-18-41(22(4)20-40)33-26-19-28(37)31-30-23(13-10-16-27(30)36)11-7-6-8-12-24-14-9-15-25(21(2)3)32(24)42(34(26)38-31)35(44)39-33;1-5-28(42)39-16-17-40(21(4)19-39)32-25-18-27(36)30-29-22(12-9-15-26(29)35)10-6-7-11-23-13-8-14-24(20(2)3)31(23)41(33(25)37-30)34(43)38-32/h5,7-8,10-11,13-14,18,20-21H,1,6,9,12,15-17,19H2,2-4H3;5,9-10,13-16,19,21-22H,1,6-8,11-12,17-18,20H2,2-4H3;5,8-9,12-15,18,20-21H,1,6-7,10-11,16-17,19H2,2-4H3/t21-;22-;21-/m000/s1. The second kappa shape index (κ2) is 38.5. The van der Waals surface area contributed by atoms with Gasteiger partial charge in [0.15, 0.2) is 16.9 Å². The van der Waals surface area contributed by atoms with Gasteiger partial charge in [-0.25, -0.2) is 69.4 Å². The van der Waals surface area contributed by atoms with Crippen molar-refractivity contribution < 1.29 is 45.5 Å². The molecule has 6 aliphatic heterocycles. The average molecular weight is 1790 g/mol. The molecule has 132 heavy (non-hydrogen) atoms. The Bertz CT molecular complexity index is 6840. The number of hydrogen-bond donors (Lipinski definition) is 0. The van der Waals surface area contributed by atoms with E-state index in [1.165, 1.54) is 74.4 Å². The van der Waals surface area contributed by atoms with E-state index in [-0.39, 0.29) is 129 Å². The number of amides is 3. The van der Waals surface area contributed by atoms with E-state index in [2.05, 4.69) is 62.4 Å². The van der Waals surface area contributed by atoms with Crippen LogP contribution in [0.15, 0.2) is 180 Å². The molecule has 12 aromatic rings. The van der Waals surface area contributed by atoms with Gasteiger partial charge in [-0.2, -0.15) is 15.0 Å². The van der Waals surface area contributed by atoms with Crippen molar-refractivity contribution in [2.75, 3.05) is 73.6 Å². The van der Waals surface area contributed by atoms with Crippen LogP contribution in [0.2, 0.25) is 0 Å². The number of pyridine rings is 3. The quantitative estimate of drug-likeness (QED) is 0.0966. The summed E-state index contributed by atoms with van der Waals surface area (Å²) in [6.07, 6.45) is 11.8. The molecule has 3 atom stereocenters. The van der Waals surface area contributed by atoms with Gasteiger partial charge in [0.25, 0.3) is 0 Å². The molecule has 3 fully saturated rings. The summed E-state index contributed by atoms with van der Waals surface area (Å²) in [5.41, 5.74) is 7.92. The Labute approximate surface area is 761 Å². The monoisotopic (exact) mass is 1790 g/mol. The normalized spacial score (nSPS) is 17.0. The van der Waals surface area contributed by atoms with Gasteiger partial charge >= 0.3 is 17.1 Å². The van der Waals surface area contributed by atoms with Crippen LogP contribution < -0.4 is 31.8 Å². The predicted molar refractivity (Wildman–Crippen MR) is 504 cm³/mol. The number of rotatable bonds is 9. The Morgan fingerprint density at radius 3 is 0.939 bits per heavy atom. The number of piperazine rings is 3. The van der Waals surface area contributed by atoms with E-state index in [0.717, 1.165) is 71.9 Å². The van der Waals surface area contributed by atoms with Crippen molar-refractivity contribution in [2.45, 2.75) is 182 Å². The van der Waals surface area contributed by atoms with E-state index in [1.807, 2.05) is 116 Å². The van der Waals surface area contributed by atoms with E-state index >= 15 is 26.3 Å². The molecular formula is C104H107F6N15O7. The zero-order chi connectivity index (χ0) is 93.5. The van der Waals surface area contributed by atoms with Gasteiger partial charge in [-0.3, -0.25) is 19.2 Å². The van der Waals surface area contributed by atoms with Crippen LogP contribution in [-0.4, -0.2) is 159 Å². The van der Waals surface area contributed by atoms with Gasteiger partial charge in [-0.05, 0) is 207 Å². The molecule has 0 N–H and O–H groups in total. The Morgan fingerprint density at radius 1 is 0.348 bits per heavy atom. The lowest BCUT2D eigenvalue weighted by atomic mass is 9.93. The van der Waals surface area contributed by atoms with Gasteiger partial charge in [-0.15, -0.1) is 0 Å². The average Bonchev–Trinajstić information content (AvgIpc) is 0.861. The number of fused-ring (bicyclic) bond motifs is 15. The molecular weight excluding hydrogens is 1690 g/mol. The Balaban J connectivity index is 0.000000144. The first kappa shape index (κ1) is 91.8. The third-order valence-electron chi connectivity index (χ3n) is 26.4. The largest absolute Gasteiger partial charge is 0.355 e. The van der Waals surface area contributed by atoms with E-state index in [9.17, 15) is 33.6 Å². The molecule has 6 aromatic carbocycles. The summed E-state index contributed by atoms with van der Waals surface area (Å²) in [7, 11) is 0. The van der Waals surface area contributed by atoms with Crippen LogP contribution in [0.5, 0.6) is 0 Å². The first-order valence-corrected chi connectivity index (χ1v) is 45.6. The lowest BCUT2D eigenvalue weighted by Crippen LogP contribution is -2.54. The second-order valence-corrected chi connectivity index (χ2v) is 36.0. The number of benzene rings is 6. The third kappa shape index (κ3) is 17.7. The van der Waals surface area contributed by atoms with Crippen LogP contribution in [0, 0.1) is 34.9 Å². The summed E-state index contributed by atoms with van der Waals surface area (Å²) in [6, 6.07) is 35.0. The molecule has 682 valence electrons. The predicted octanol–water partition coefficient (Wildman–Crippen LogP) is 17.8. The fourth-order valence-electron chi connectivity index (χ4n) is 19.8. The van der Waals surface area contributed by atoms with Crippen molar-refractivity contribution in [3.05, 3.63) is 282 Å². The highest BCUT2D eigenvalue weighted by atomic mass is 19.1. The molecule has 28 heteroatoms. The number of carbonyl (C=O) groups is 4. The van der Waals surface area contributed by atoms with Gasteiger partial charge in [0.2, 0.25) is 17.7 Å². The Morgan fingerprint density at radius 2 is 0.629 bits per heavy atom. The lowest BCUT2D eigenvalue weighted by Gasteiger charge is -2.40. The summed E-state index contributed by atoms with van der Waals surface area (Å²) < 4.78 is 99.6. The van der Waals surface area contributed by atoms with Crippen LogP contribution in [-0.2, 0) is 57.7 Å². The van der Waals surface area contributed by atoms with E-state index < -0.39 is 52.0 Å². The number of hydrogen-bond acceptors (Lipinski definition) is 16. The van der Waals surface area contributed by atoms with E-state index in [4.69, 9.17) is 15.0 Å². The number of nitrogens with zero attached hydrogens (tertiary/aromatic N) is 15. The van der Waals surface area contributed by atoms with Gasteiger partial charge in [0.1, 0.15) is 75.2 Å². The number of ketones is 1. The van der Waals surface area contributed by atoms with Gasteiger partial charge in [-0.1, -0.05) is 159 Å². The molecule has 22 nitrogen and oxygen atoms in total. The summed E-state index contributed by atoms with van der Waals surface area (Å²) in [5.74, 6) is -3.57. The maximum Gasteiger partial charge on any atom is 0.355 e. The zero-order valence-corrected chi connectivity index (χ0v) is 75.8. The second-order valence-electron chi connectivity index (χ2n) is 36.0. The summed E-state index contributed by atoms with van der Waals surface area (Å²) in [5, 5.41) is 1.01. The molecule has 6 aliphatic rings. The SMILES string of the molecule is C=CC(=O)N1CCN(c2nc(=O)n3c4nc(c(F)cc24)-c2c(F)cccc2CC(=O)CCCc2cccc(C(C)C)c2-3)[C@@H](C)C1.C=CC(=O)N1CCN(c2nc(=O)n3c4nc(c(F)cc24)-c2c(F)cccc2CCCCCc2cccc(C(C)C)c2-3)[C@@H](C)C1.C=CC(=O)N1CCN(c2nc(=O)n3c4nc(c(F)cc24)-c2c(F)cccc2CCCCc2cccc(C(C)C)c2-3)[C@@H](C)C1. The van der Waals surface area contributed by atoms with Gasteiger partial charge in [0, 0.05) is 107 Å². The van der Waals surface area contributed by atoms with Gasteiger partial charge in [0.05, 0.1) is 33.2 Å². The highest BCUT2D eigenvalue weighted by molar-refractivity contribution is 5.96. The number of anilines is 3. The first-order valence-electron chi connectivity index (χ1n) is 45.6. The molecule has 6 aromatic heterocycles. The fourth-order valence-corrected chi connectivity index (χ4v) is 19.8. The highest BCUT2D eigenvalue weighted by Crippen LogP contribution is 2.43. The molecule has 0 unspecified atom stereocenters. The summed E-state index contributed by atoms with van der Waals surface area (Å²) in [6.45, 7) is 32.3. The maximum absolute atomic E-state index is 16.3. The maximum atomic E-state index is 16.3. The van der Waals surface area contributed by atoms with Crippen LogP contribution in [0.1, 0.15) is 175 Å². The Kier molecular flexibility index (Phi) is 26.8. The summed E-state index contributed by atoms with van der Waals surface area (Å²) >= 11 is 0. The van der Waals surface area contributed by atoms with Crippen molar-refractivity contribution in [1.29, 1.82) is 0 Å². The van der Waals surface area contributed by atoms with Crippen molar-refractivity contribution in [1.82, 2.24) is 58.3 Å². The van der Waals surface area contributed by atoms with Gasteiger partial charge < -0.3 is 29.4 Å². The van der Waals surface area contributed by atoms with Crippen LogP contribution in [0.3, 0.4) is 0 Å². The smallest absolute Gasteiger partial charge is 0.350 e. The third-order valence-corrected chi connectivity index (χ3v) is 26.4. The van der Waals surface area contributed by atoms with Crippen molar-refractivity contribution in [3.63, 3.8) is 0 Å². The van der Waals surface area contributed by atoms with Crippen molar-refractivity contribution in [3.8, 4) is 50.8 Å². The molecule has 12 heterocycles. The Hall–Kier alpha value is -13.5. The first-order chi connectivity index (χ1) is 63.5. The number of Topliss-reactive ketones (excluding diaryl/α,β-unsaturated/α-hetero) is 1. The summed E-state index contributed by atoms with van der Waals surface area (Å²) in [4.78, 5) is 132. The number of aromatic nitrogens is 9. The molecule has 3 saturated heterocycles. The van der Waals surface area contributed by atoms with E-state index in [0.29, 0.717) is 153 Å². The minimum atomic E-state index is -0.796. The number of carbonyl (C=O) groups excluding carboxylic acids is 4. The molecule has 0 saturated carbocycles. The van der Waals surface area contributed by atoms with Crippen molar-refractivity contribution >= 4 is 74.1 Å². The molecule has 0 aliphatic carbocycles. The topological polar surface area (TPSA) is 231 Å². The van der Waals surface area contributed by atoms with Crippen LogP contribution >= 0.6 is 0 Å². The molecule has 3 amide bonds. The van der Waals surface area contributed by atoms with Crippen LogP contribution in [0.25, 0.3) is 83.9 Å². The molecule has 6 bridgehead atoms. The van der Waals surface area contributed by atoms with Crippen LogP contribution in [0.4, 0.5) is 43.8 Å². The molecule has 0 spiro atoms. The number of halogens is 6. The number of aryl methyl sites for hydroxylation is 5. The van der Waals surface area contributed by atoms with Crippen molar-refractivity contribution in [2.24, 2.45) is 0 Å². The zero-order valence-electron chi connectivity index (χ0n) is 75.8. The molecule has 0 radical (unpaired) electrons. The van der Waals surface area contributed by atoms with E-state index in [1.54, 1.807) is 32.9 Å². The lowest BCUT2D eigenvalue weighted by molar-refractivity contribution is -0.127. The minimum Gasteiger partial charge on any atom is -0.350 e.